The van der Waals surface area contributed by atoms with Crippen molar-refractivity contribution in [3.63, 3.8) is 0 Å². The number of nitrogens with zero attached hydrogens (tertiary/aromatic N) is 1. The van der Waals surface area contributed by atoms with E-state index in [2.05, 4.69) is 4.98 Å². The third kappa shape index (κ3) is 2.13. The summed E-state index contributed by atoms with van der Waals surface area (Å²) in [6.07, 6.45) is 1.08. The van der Waals surface area contributed by atoms with Crippen LogP contribution in [0.1, 0.15) is 5.69 Å². The average Bonchev–Trinajstić information content (AvgIpc) is 2.08. The Morgan fingerprint density at radius 1 is 1.67 bits per heavy atom. The highest BCUT2D eigenvalue weighted by atomic mass is 127. The molecule has 5 heteroatoms. The van der Waals surface area contributed by atoms with Crippen LogP contribution in [0.3, 0.4) is 0 Å². The van der Waals surface area contributed by atoms with Gasteiger partial charge in [-0.05, 0) is 22.6 Å². The Morgan fingerprint density at radius 3 is 2.83 bits per heavy atom. The molecule has 0 unspecified atom stereocenters. The smallest absolute Gasteiger partial charge is 0.154 e. The van der Waals surface area contributed by atoms with E-state index in [1.807, 2.05) is 0 Å². The first-order chi connectivity index (χ1) is 5.65. The maximum atomic E-state index is 12.8. The Hall–Kier alpha value is -0.230. The van der Waals surface area contributed by atoms with Crippen LogP contribution in [0, 0.1) is 5.82 Å². The number of hydrogen-bond acceptors (Lipinski definition) is 1. The summed E-state index contributed by atoms with van der Waals surface area (Å²) in [5, 5.41) is -0.111. The van der Waals surface area contributed by atoms with Gasteiger partial charge in [0.15, 0.2) is 5.83 Å². The highest BCUT2D eigenvalue weighted by molar-refractivity contribution is 14.1. The summed E-state index contributed by atoms with van der Waals surface area (Å²) in [6.45, 7) is 0. The molecule has 0 saturated carbocycles. The normalized spacial score (nSPS) is 11.8. The van der Waals surface area contributed by atoms with Crippen molar-refractivity contribution in [2.75, 3.05) is 0 Å². The Balaban J connectivity index is 3.13. The Morgan fingerprint density at radius 2 is 2.33 bits per heavy atom. The fraction of sp³-hybridized carbons (Fsp3) is 0. The maximum absolute atomic E-state index is 12.8. The molecule has 64 valence electrons. The van der Waals surface area contributed by atoms with E-state index in [0.717, 1.165) is 12.3 Å². The van der Waals surface area contributed by atoms with E-state index in [4.69, 9.17) is 11.6 Å². The van der Waals surface area contributed by atoms with E-state index in [0.29, 0.717) is 0 Å². The second kappa shape index (κ2) is 4.13. The number of pyridine rings is 1. The lowest BCUT2D eigenvalue weighted by Gasteiger charge is -1.96. The fourth-order valence-electron chi connectivity index (χ4n) is 0.601. The van der Waals surface area contributed by atoms with Gasteiger partial charge in [0.05, 0.1) is 5.02 Å². The molecule has 0 spiro atoms. The second-order valence-electron chi connectivity index (χ2n) is 1.94. The minimum absolute atomic E-state index is 0.0497. The zero-order chi connectivity index (χ0) is 9.14. The van der Waals surface area contributed by atoms with Gasteiger partial charge in [-0.3, -0.25) is 4.98 Å². The lowest BCUT2D eigenvalue weighted by Crippen LogP contribution is -1.87. The van der Waals surface area contributed by atoms with Gasteiger partial charge >= 0.3 is 0 Å². The third-order valence-electron chi connectivity index (χ3n) is 1.15. The number of rotatable bonds is 1. The third-order valence-corrected chi connectivity index (χ3v) is 1.97. The maximum Gasteiger partial charge on any atom is 0.154 e. The predicted octanol–water partition coefficient (Wildman–Crippen LogP) is 3.58. The van der Waals surface area contributed by atoms with Crippen LogP contribution in [0.5, 0.6) is 0 Å². The predicted molar refractivity (Wildman–Crippen MR) is 52.3 cm³/mol. The summed E-state index contributed by atoms with van der Waals surface area (Å²) >= 11 is 7.05. The Bertz CT molecular complexity index is 327. The van der Waals surface area contributed by atoms with E-state index < -0.39 is 11.6 Å². The first kappa shape index (κ1) is 9.85. The Kier molecular flexibility index (Phi) is 3.39. The molecule has 0 aliphatic rings. The Labute approximate surface area is 86.6 Å². The van der Waals surface area contributed by atoms with E-state index >= 15 is 0 Å². The molecule has 0 aliphatic carbocycles. The van der Waals surface area contributed by atoms with Crippen LogP contribution < -0.4 is 0 Å². The standard InChI is InChI=1S/C7H3ClF2IN/c8-4-3-12-7(1-5(4)9)6(10)2-11/h1-3H/b6-2-. The van der Waals surface area contributed by atoms with Crippen molar-refractivity contribution in [3.05, 3.63) is 32.9 Å². The molecule has 0 radical (unpaired) electrons. The van der Waals surface area contributed by atoms with E-state index in [9.17, 15) is 8.78 Å². The molecule has 0 saturated heterocycles. The topological polar surface area (TPSA) is 12.9 Å². The van der Waals surface area contributed by atoms with E-state index in [-0.39, 0.29) is 10.7 Å². The molecule has 12 heavy (non-hydrogen) atoms. The minimum Gasteiger partial charge on any atom is -0.252 e. The highest BCUT2D eigenvalue weighted by Crippen LogP contribution is 2.19. The van der Waals surface area contributed by atoms with Gasteiger partial charge in [-0.1, -0.05) is 11.6 Å². The van der Waals surface area contributed by atoms with Crippen LogP contribution in [-0.4, -0.2) is 4.98 Å². The van der Waals surface area contributed by atoms with Gasteiger partial charge in [-0.2, -0.15) is 0 Å². The highest BCUT2D eigenvalue weighted by Gasteiger charge is 2.05. The largest absolute Gasteiger partial charge is 0.252 e. The zero-order valence-electron chi connectivity index (χ0n) is 5.69. The number of halogens is 4. The summed E-state index contributed by atoms with van der Waals surface area (Å²) < 4.78 is 26.6. The van der Waals surface area contributed by atoms with Crippen LogP contribution >= 0.6 is 34.2 Å². The summed E-state index contributed by atoms with van der Waals surface area (Å²) in [5.74, 6) is -1.25. The molecule has 0 fully saturated rings. The zero-order valence-corrected chi connectivity index (χ0v) is 8.60. The van der Waals surface area contributed by atoms with Gasteiger partial charge in [0.1, 0.15) is 11.5 Å². The molecular weight excluding hydrogens is 298 g/mol. The van der Waals surface area contributed by atoms with Crippen molar-refractivity contribution in [2.45, 2.75) is 0 Å². The lowest BCUT2D eigenvalue weighted by molar-refractivity contribution is 0.623. The molecule has 0 N–H and O–H groups in total. The molecule has 0 bridgehead atoms. The van der Waals surface area contributed by atoms with Crippen LogP contribution in [0.15, 0.2) is 16.3 Å². The van der Waals surface area contributed by atoms with Crippen molar-refractivity contribution >= 4 is 40.0 Å². The molecule has 1 aromatic heterocycles. The van der Waals surface area contributed by atoms with Gasteiger partial charge in [0.2, 0.25) is 0 Å². The van der Waals surface area contributed by atoms with Crippen LogP contribution in [0.25, 0.3) is 5.83 Å². The van der Waals surface area contributed by atoms with Crippen molar-refractivity contribution in [1.82, 2.24) is 4.98 Å². The molecule has 0 aromatic carbocycles. The molecule has 0 atom stereocenters. The second-order valence-corrected chi connectivity index (χ2v) is 2.97. The first-order valence-electron chi connectivity index (χ1n) is 2.92. The summed E-state index contributed by atoms with van der Waals surface area (Å²) in [7, 11) is 0. The van der Waals surface area contributed by atoms with Crippen molar-refractivity contribution in [1.29, 1.82) is 0 Å². The van der Waals surface area contributed by atoms with Gasteiger partial charge in [-0.25, -0.2) is 8.78 Å². The monoisotopic (exact) mass is 301 g/mol. The van der Waals surface area contributed by atoms with Crippen molar-refractivity contribution < 1.29 is 8.78 Å². The molecule has 1 rings (SSSR count). The quantitative estimate of drug-likeness (QED) is 0.723. The SMILES string of the molecule is F/C(=C\I)c1cc(F)c(Cl)cn1. The van der Waals surface area contributed by atoms with E-state index in [1.165, 1.54) is 4.08 Å². The van der Waals surface area contributed by atoms with Crippen LogP contribution in [0.2, 0.25) is 5.02 Å². The average molecular weight is 301 g/mol. The summed E-state index contributed by atoms with van der Waals surface area (Å²) in [6, 6.07) is 0.951. The molecule has 1 aromatic rings. The van der Waals surface area contributed by atoms with Gasteiger partial charge in [0.25, 0.3) is 0 Å². The van der Waals surface area contributed by atoms with Gasteiger partial charge in [0, 0.05) is 16.3 Å². The van der Waals surface area contributed by atoms with Crippen molar-refractivity contribution in [2.24, 2.45) is 0 Å². The fourth-order valence-corrected chi connectivity index (χ4v) is 1.02. The molecular formula is C7H3ClF2IN. The summed E-state index contributed by atoms with van der Waals surface area (Å²) in [5.41, 5.74) is -0.0497. The van der Waals surface area contributed by atoms with Crippen LogP contribution in [-0.2, 0) is 0 Å². The molecule has 0 aliphatic heterocycles. The molecule has 1 nitrogen and oxygen atoms in total. The van der Waals surface area contributed by atoms with Gasteiger partial charge < -0.3 is 0 Å². The number of hydrogen-bond donors (Lipinski definition) is 0. The summed E-state index contributed by atoms with van der Waals surface area (Å²) in [4.78, 5) is 3.59. The van der Waals surface area contributed by atoms with Gasteiger partial charge in [-0.15, -0.1) is 0 Å². The van der Waals surface area contributed by atoms with Crippen LogP contribution in [0.4, 0.5) is 8.78 Å². The first-order valence-corrected chi connectivity index (χ1v) is 4.55. The molecule has 0 amide bonds. The lowest BCUT2D eigenvalue weighted by atomic mass is 10.3. The van der Waals surface area contributed by atoms with Crippen molar-refractivity contribution in [3.8, 4) is 0 Å². The minimum atomic E-state index is -0.671. The number of aromatic nitrogens is 1. The molecule has 1 heterocycles. The van der Waals surface area contributed by atoms with E-state index in [1.54, 1.807) is 22.6 Å².